The molecule has 1 atom stereocenters. The number of nitrogens with one attached hydrogen (secondary N) is 1. The average molecular weight is 223 g/mol. The van der Waals surface area contributed by atoms with Gasteiger partial charge >= 0.3 is 0 Å². The van der Waals surface area contributed by atoms with Crippen molar-refractivity contribution in [3.8, 4) is 0 Å². The topological polar surface area (TPSA) is 29.1 Å². The first-order valence-electron chi connectivity index (χ1n) is 5.58. The standard InChI is InChI=1S/C12H17NOS/c14-15(12-9-5-2-6-10-12)13-11-7-3-1-4-8-11/h1,3-4,7-8,12-13H,2,5-6,9-10H2. The summed E-state index contributed by atoms with van der Waals surface area (Å²) in [5, 5.41) is 0.346. The highest BCUT2D eigenvalue weighted by Gasteiger charge is 2.19. The van der Waals surface area contributed by atoms with E-state index in [-0.39, 0.29) is 0 Å². The van der Waals surface area contributed by atoms with Gasteiger partial charge in [0.05, 0.1) is 5.25 Å². The third kappa shape index (κ3) is 3.06. The van der Waals surface area contributed by atoms with E-state index >= 15 is 0 Å². The van der Waals surface area contributed by atoms with Gasteiger partial charge in [-0.2, -0.15) is 0 Å². The summed E-state index contributed by atoms with van der Waals surface area (Å²) in [5.74, 6) is 0. The summed E-state index contributed by atoms with van der Waals surface area (Å²) < 4.78 is 15.1. The van der Waals surface area contributed by atoms with E-state index < -0.39 is 11.0 Å². The Morgan fingerprint density at radius 3 is 2.40 bits per heavy atom. The van der Waals surface area contributed by atoms with Crippen molar-refractivity contribution in [1.82, 2.24) is 0 Å². The molecule has 0 amide bonds. The minimum absolute atomic E-state index is 0.346. The molecule has 2 nitrogen and oxygen atoms in total. The molecule has 1 aromatic carbocycles. The maximum Gasteiger partial charge on any atom is 0.120 e. The van der Waals surface area contributed by atoms with E-state index in [4.69, 9.17) is 0 Å². The first-order chi connectivity index (χ1) is 7.36. The third-order valence-electron chi connectivity index (χ3n) is 2.85. The lowest BCUT2D eigenvalue weighted by atomic mass is 10.0. The summed E-state index contributed by atoms with van der Waals surface area (Å²) in [6.45, 7) is 0. The van der Waals surface area contributed by atoms with Crippen LogP contribution in [0.25, 0.3) is 0 Å². The van der Waals surface area contributed by atoms with Crippen molar-refractivity contribution in [1.29, 1.82) is 0 Å². The first kappa shape index (κ1) is 10.7. The largest absolute Gasteiger partial charge is 0.305 e. The molecule has 1 saturated carbocycles. The van der Waals surface area contributed by atoms with Gasteiger partial charge in [-0.05, 0) is 25.0 Å². The quantitative estimate of drug-likeness (QED) is 0.838. The average Bonchev–Trinajstić information content (AvgIpc) is 2.31. The van der Waals surface area contributed by atoms with Crippen LogP contribution in [0.15, 0.2) is 30.3 Å². The van der Waals surface area contributed by atoms with Crippen molar-refractivity contribution in [2.45, 2.75) is 37.4 Å². The number of hydrogen-bond acceptors (Lipinski definition) is 1. The molecule has 1 aliphatic rings. The molecule has 1 aromatic rings. The second-order valence-corrected chi connectivity index (χ2v) is 5.49. The normalized spacial score (nSPS) is 19.7. The molecule has 0 bridgehead atoms. The van der Waals surface area contributed by atoms with Crippen molar-refractivity contribution in [3.63, 3.8) is 0 Å². The second kappa shape index (κ2) is 5.31. The maximum atomic E-state index is 12.0. The summed E-state index contributed by atoms with van der Waals surface area (Å²) in [4.78, 5) is 0. The Hall–Kier alpha value is -0.830. The summed E-state index contributed by atoms with van der Waals surface area (Å²) in [7, 11) is -0.907. The fraction of sp³-hybridized carbons (Fsp3) is 0.500. The summed E-state index contributed by atoms with van der Waals surface area (Å²) >= 11 is 0. The van der Waals surface area contributed by atoms with E-state index in [2.05, 4.69) is 4.72 Å². The zero-order valence-corrected chi connectivity index (χ0v) is 9.63. The van der Waals surface area contributed by atoms with Crippen LogP contribution >= 0.6 is 0 Å². The third-order valence-corrected chi connectivity index (χ3v) is 4.36. The fourth-order valence-electron chi connectivity index (χ4n) is 1.98. The molecular weight excluding hydrogens is 206 g/mol. The number of anilines is 1. The Kier molecular flexibility index (Phi) is 3.78. The van der Waals surface area contributed by atoms with Crippen LogP contribution in [0, 0.1) is 0 Å². The Labute approximate surface area is 93.7 Å². The van der Waals surface area contributed by atoms with Crippen LogP contribution in [0.1, 0.15) is 32.1 Å². The van der Waals surface area contributed by atoms with Gasteiger partial charge in [-0.1, -0.05) is 37.5 Å². The van der Waals surface area contributed by atoms with Gasteiger partial charge in [0, 0.05) is 5.69 Å². The van der Waals surface area contributed by atoms with Crippen molar-refractivity contribution >= 4 is 16.7 Å². The van der Waals surface area contributed by atoms with Crippen LogP contribution < -0.4 is 4.72 Å². The van der Waals surface area contributed by atoms with E-state index in [9.17, 15) is 4.21 Å². The molecule has 82 valence electrons. The number of rotatable bonds is 3. The van der Waals surface area contributed by atoms with E-state index in [1.54, 1.807) is 0 Å². The molecule has 1 unspecified atom stereocenters. The maximum absolute atomic E-state index is 12.0. The monoisotopic (exact) mass is 223 g/mol. The minimum atomic E-state index is -0.907. The lowest BCUT2D eigenvalue weighted by Crippen LogP contribution is -2.23. The van der Waals surface area contributed by atoms with Gasteiger partial charge in [-0.3, -0.25) is 0 Å². The SMILES string of the molecule is O=S(Nc1ccccc1)C1CCCCC1. The van der Waals surface area contributed by atoms with Crippen LogP contribution in [-0.2, 0) is 11.0 Å². The van der Waals surface area contributed by atoms with Crippen LogP contribution in [0.4, 0.5) is 5.69 Å². The van der Waals surface area contributed by atoms with E-state index in [1.807, 2.05) is 30.3 Å². The van der Waals surface area contributed by atoms with Crippen LogP contribution in [0.5, 0.6) is 0 Å². The lowest BCUT2D eigenvalue weighted by molar-refractivity contribution is 0.506. The molecule has 1 aliphatic carbocycles. The summed E-state index contributed by atoms with van der Waals surface area (Å²) in [5.41, 5.74) is 0.960. The predicted octanol–water partition coefficient (Wildman–Crippen LogP) is 3.09. The molecule has 0 aliphatic heterocycles. The smallest absolute Gasteiger partial charge is 0.120 e. The molecule has 0 radical (unpaired) electrons. The molecule has 2 rings (SSSR count). The van der Waals surface area contributed by atoms with Gasteiger partial charge in [-0.15, -0.1) is 0 Å². The molecule has 1 N–H and O–H groups in total. The molecule has 15 heavy (non-hydrogen) atoms. The Bertz CT molecular complexity index is 320. The van der Waals surface area contributed by atoms with Crippen molar-refractivity contribution in [2.75, 3.05) is 4.72 Å². The zero-order valence-electron chi connectivity index (χ0n) is 8.82. The summed E-state index contributed by atoms with van der Waals surface area (Å²) in [6, 6.07) is 9.80. The highest BCUT2D eigenvalue weighted by Crippen LogP contribution is 2.22. The van der Waals surface area contributed by atoms with Gasteiger partial charge in [-0.25, -0.2) is 4.21 Å². The zero-order chi connectivity index (χ0) is 10.5. The van der Waals surface area contributed by atoms with Crippen LogP contribution in [-0.4, -0.2) is 9.46 Å². The number of para-hydroxylation sites is 1. The predicted molar refractivity (Wildman–Crippen MR) is 65.1 cm³/mol. The summed E-state index contributed by atoms with van der Waals surface area (Å²) in [6.07, 6.45) is 5.97. The van der Waals surface area contributed by atoms with Crippen LogP contribution in [0.3, 0.4) is 0 Å². The Morgan fingerprint density at radius 2 is 1.73 bits per heavy atom. The van der Waals surface area contributed by atoms with E-state index in [1.165, 1.54) is 19.3 Å². The fourth-order valence-corrected chi connectivity index (χ4v) is 3.28. The van der Waals surface area contributed by atoms with Gasteiger partial charge in [0.1, 0.15) is 11.0 Å². The highest BCUT2D eigenvalue weighted by molar-refractivity contribution is 7.87. The molecule has 3 heteroatoms. The Morgan fingerprint density at radius 1 is 1.07 bits per heavy atom. The lowest BCUT2D eigenvalue weighted by Gasteiger charge is -2.21. The van der Waals surface area contributed by atoms with Gasteiger partial charge in [0.25, 0.3) is 0 Å². The van der Waals surface area contributed by atoms with Gasteiger partial charge in [0.2, 0.25) is 0 Å². The molecular formula is C12H17NOS. The molecule has 0 heterocycles. The van der Waals surface area contributed by atoms with Crippen LogP contribution in [0.2, 0.25) is 0 Å². The second-order valence-electron chi connectivity index (χ2n) is 4.03. The van der Waals surface area contributed by atoms with Crippen molar-refractivity contribution in [3.05, 3.63) is 30.3 Å². The highest BCUT2D eigenvalue weighted by atomic mass is 32.2. The first-order valence-corrected chi connectivity index (χ1v) is 6.80. The van der Waals surface area contributed by atoms with Crippen molar-refractivity contribution in [2.24, 2.45) is 0 Å². The molecule has 0 spiro atoms. The van der Waals surface area contributed by atoms with Gasteiger partial charge in [0.15, 0.2) is 0 Å². The van der Waals surface area contributed by atoms with E-state index in [0.29, 0.717) is 5.25 Å². The number of benzene rings is 1. The minimum Gasteiger partial charge on any atom is -0.305 e. The Balaban J connectivity index is 1.91. The molecule has 0 saturated heterocycles. The van der Waals surface area contributed by atoms with Crippen molar-refractivity contribution < 1.29 is 4.21 Å². The molecule has 1 fully saturated rings. The molecule has 0 aromatic heterocycles. The number of hydrogen-bond donors (Lipinski definition) is 1. The van der Waals surface area contributed by atoms with Gasteiger partial charge < -0.3 is 4.72 Å². The van der Waals surface area contributed by atoms with E-state index in [0.717, 1.165) is 18.5 Å².